The van der Waals surface area contributed by atoms with Crippen molar-refractivity contribution in [1.82, 2.24) is 5.01 Å². The molecule has 1 heterocycles. The van der Waals surface area contributed by atoms with E-state index in [0.29, 0.717) is 6.79 Å². The van der Waals surface area contributed by atoms with E-state index in [0.717, 1.165) is 17.9 Å². The molecule has 1 aliphatic heterocycles. The van der Waals surface area contributed by atoms with Crippen molar-refractivity contribution in [2.45, 2.75) is 6.42 Å². The van der Waals surface area contributed by atoms with E-state index < -0.39 is 0 Å². The number of rotatable bonds is 3. The largest absolute Gasteiger partial charge is 0.454 e. The summed E-state index contributed by atoms with van der Waals surface area (Å²) in [5.41, 5.74) is 1.17. The minimum absolute atomic E-state index is 0.324. The maximum absolute atomic E-state index is 5.29. The molecule has 1 aromatic carbocycles. The fourth-order valence-electron chi connectivity index (χ4n) is 1.38. The summed E-state index contributed by atoms with van der Waals surface area (Å²) in [6.45, 7) is 0.324. The summed E-state index contributed by atoms with van der Waals surface area (Å²) in [5, 5.41) is 5.92. The molecule has 0 unspecified atom stereocenters. The SMILES string of the molecule is CN(C)/N=C/Cc1ccc2c(c1)OCO2. The van der Waals surface area contributed by atoms with Crippen molar-refractivity contribution < 1.29 is 9.47 Å². The van der Waals surface area contributed by atoms with Gasteiger partial charge >= 0.3 is 0 Å². The highest BCUT2D eigenvalue weighted by atomic mass is 16.7. The Hall–Kier alpha value is -1.71. The predicted octanol–water partition coefficient (Wildman–Crippen LogP) is 1.51. The molecule has 0 N–H and O–H groups in total. The Morgan fingerprint density at radius 3 is 2.93 bits per heavy atom. The molecule has 0 bridgehead atoms. The first-order valence-electron chi connectivity index (χ1n) is 4.84. The Kier molecular flexibility index (Phi) is 2.76. The molecule has 0 saturated carbocycles. The third-order valence-electron chi connectivity index (χ3n) is 2.08. The van der Waals surface area contributed by atoms with Gasteiger partial charge in [0.25, 0.3) is 0 Å². The van der Waals surface area contributed by atoms with Crippen LogP contribution in [-0.4, -0.2) is 32.1 Å². The van der Waals surface area contributed by atoms with Gasteiger partial charge in [-0.15, -0.1) is 0 Å². The van der Waals surface area contributed by atoms with Gasteiger partial charge in [0.1, 0.15) is 0 Å². The topological polar surface area (TPSA) is 34.1 Å². The van der Waals surface area contributed by atoms with E-state index in [4.69, 9.17) is 9.47 Å². The zero-order valence-electron chi connectivity index (χ0n) is 8.93. The molecule has 0 saturated heterocycles. The number of benzene rings is 1. The van der Waals surface area contributed by atoms with Gasteiger partial charge in [0, 0.05) is 26.7 Å². The van der Waals surface area contributed by atoms with Crippen molar-refractivity contribution in [2.75, 3.05) is 20.9 Å². The Balaban J connectivity index is 2.04. The lowest BCUT2D eigenvalue weighted by atomic mass is 10.1. The molecule has 4 heteroatoms. The molecule has 0 atom stereocenters. The number of hydrogen-bond donors (Lipinski definition) is 0. The second kappa shape index (κ2) is 4.21. The monoisotopic (exact) mass is 206 g/mol. The fraction of sp³-hybridized carbons (Fsp3) is 0.364. The molecule has 1 aliphatic rings. The molecule has 0 amide bonds. The lowest BCUT2D eigenvalue weighted by Crippen LogP contribution is -2.02. The third-order valence-corrected chi connectivity index (χ3v) is 2.08. The average Bonchev–Trinajstić information content (AvgIpc) is 2.64. The second-order valence-corrected chi connectivity index (χ2v) is 3.54. The number of ether oxygens (including phenoxy) is 2. The quantitative estimate of drug-likeness (QED) is 0.555. The van der Waals surface area contributed by atoms with E-state index in [1.807, 2.05) is 38.5 Å². The summed E-state index contributed by atoms with van der Waals surface area (Å²) in [7, 11) is 3.80. The Labute approximate surface area is 89.1 Å². The Morgan fingerprint density at radius 1 is 1.33 bits per heavy atom. The predicted molar refractivity (Wildman–Crippen MR) is 58.4 cm³/mol. The van der Waals surface area contributed by atoms with Gasteiger partial charge in [-0.05, 0) is 17.7 Å². The van der Waals surface area contributed by atoms with Gasteiger partial charge < -0.3 is 14.5 Å². The molecule has 80 valence electrons. The summed E-state index contributed by atoms with van der Waals surface area (Å²) in [6.07, 6.45) is 2.67. The van der Waals surface area contributed by atoms with Crippen LogP contribution in [0.15, 0.2) is 23.3 Å². The van der Waals surface area contributed by atoms with Gasteiger partial charge in [0.15, 0.2) is 11.5 Å². The smallest absolute Gasteiger partial charge is 0.231 e. The second-order valence-electron chi connectivity index (χ2n) is 3.54. The van der Waals surface area contributed by atoms with E-state index in [1.54, 1.807) is 5.01 Å². The molecule has 0 spiro atoms. The minimum atomic E-state index is 0.324. The van der Waals surface area contributed by atoms with Gasteiger partial charge in [-0.25, -0.2) is 0 Å². The molecule has 4 nitrogen and oxygen atoms in total. The normalized spacial score (nSPS) is 13.5. The van der Waals surface area contributed by atoms with Crippen LogP contribution in [0, 0.1) is 0 Å². The van der Waals surface area contributed by atoms with E-state index in [2.05, 4.69) is 5.10 Å². The lowest BCUT2D eigenvalue weighted by molar-refractivity contribution is 0.174. The van der Waals surface area contributed by atoms with Crippen LogP contribution in [0.1, 0.15) is 5.56 Å². The van der Waals surface area contributed by atoms with Crippen LogP contribution in [0.3, 0.4) is 0 Å². The van der Waals surface area contributed by atoms with E-state index >= 15 is 0 Å². The van der Waals surface area contributed by atoms with Crippen molar-refractivity contribution in [3.8, 4) is 11.5 Å². The zero-order valence-corrected chi connectivity index (χ0v) is 8.93. The minimum Gasteiger partial charge on any atom is -0.454 e. The maximum Gasteiger partial charge on any atom is 0.231 e. The molecule has 0 radical (unpaired) electrons. The van der Waals surface area contributed by atoms with Crippen LogP contribution in [0.4, 0.5) is 0 Å². The van der Waals surface area contributed by atoms with Crippen LogP contribution >= 0.6 is 0 Å². The summed E-state index contributed by atoms with van der Waals surface area (Å²) >= 11 is 0. The number of fused-ring (bicyclic) bond motifs is 1. The standard InChI is InChI=1S/C11H14N2O2/c1-13(2)12-6-5-9-3-4-10-11(7-9)15-8-14-10/h3-4,6-7H,5,8H2,1-2H3/b12-6+. The van der Waals surface area contributed by atoms with Crippen molar-refractivity contribution >= 4 is 6.21 Å². The molecule has 0 aliphatic carbocycles. The van der Waals surface area contributed by atoms with Crippen LogP contribution in [0.25, 0.3) is 0 Å². The zero-order chi connectivity index (χ0) is 10.7. The van der Waals surface area contributed by atoms with Crippen LogP contribution in [-0.2, 0) is 6.42 Å². The Bertz CT molecular complexity index is 375. The number of hydrazone groups is 1. The molecule has 15 heavy (non-hydrogen) atoms. The maximum atomic E-state index is 5.29. The van der Waals surface area contributed by atoms with Gasteiger partial charge in [0.2, 0.25) is 6.79 Å². The highest BCUT2D eigenvalue weighted by Gasteiger charge is 2.12. The van der Waals surface area contributed by atoms with Crippen LogP contribution < -0.4 is 9.47 Å². The fourth-order valence-corrected chi connectivity index (χ4v) is 1.38. The van der Waals surface area contributed by atoms with Crippen molar-refractivity contribution in [2.24, 2.45) is 5.10 Å². The molecular formula is C11H14N2O2. The first kappa shape index (κ1) is 9.83. The third kappa shape index (κ3) is 2.40. The van der Waals surface area contributed by atoms with Gasteiger partial charge in [-0.2, -0.15) is 5.10 Å². The van der Waals surface area contributed by atoms with Crippen LogP contribution in [0.5, 0.6) is 11.5 Å². The van der Waals surface area contributed by atoms with Crippen molar-refractivity contribution in [3.05, 3.63) is 23.8 Å². The molecular weight excluding hydrogens is 192 g/mol. The van der Waals surface area contributed by atoms with Crippen molar-refractivity contribution in [1.29, 1.82) is 0 Å². The highest BCUT2D eigenvalue weighted by Crippen LogP contribution is 2.32. The highest BCUT2D eigenvalue weighted by molar-refractivity contribution is 5.62. The summed E-state index contributed by atoms with van der Waals surface area (Å²) in [5.74, 6) is 1.65. The number of hydrogen-bond acceptors (Lipinski definition) is 4. The molecule has 0 fully saturated rings. The number of nitrogens with zero attached hydrogens (tertiary/aromatic N) is 2. The van der Waals surface area contributed by atoms with E-state index in [9.17, 15) is 0 Å². The van der Waals surface area contributed by atoms with Crippen molar-refractivity contribution in [3.63, 3.8) is 0 Å². The summed E-state index contributed by atoms with van der Waals surface area (Å²) < 4.78 is 10.5. The summed E-state index contributed by atoms with van der Waals surface area (Å²) in [4.78, 5) is 0. The van der Waals surface area contributed by atoms with E-state index in [-0.39, 0.29) is 0 Å². The molecule has 1 aromatic rings. The first-order valence-corrected chi connectivity index (χ1v) is 4.84. The van der Waals surface area contributed by atoms with Gasteiger partial charge in [0.05, 0.1) is 0 Å². The average molecular weight is 206 g/mol. The van der Waals surface area contributed by atoms with E-state index in [1.165, 1.54) is 5.56 Å². The summed E-state index contributed by atoms with van der Waals surface area (Å²) in [6, 6.07) is 5.94. The lowest BCUT2D eigenvalue weighted by Gasteiger charge is -2.03. The van der Waals surface area contributed by atoms with Crippen LogP contribution in [0.2, 0.25) is 0 Å². The molecule has 0 aromatic heterocycles. The van der Waals surface area contributed by atoms with Gasteiger partial charge in [-0.1, -0.05) is 6.07 Å². The van der Waals surface area contributed by atoms with Gasteiger partial charge in [-0.3, -0.25) is 0 Å². The molecule has 2 rings (SSSR count). The first-order chi connectivity index (χ1) is 7.25. The Morgan fingerprint density at radius 2 is 2.13 bits per heavy atom.